The highest BCUT2D eigenvalue weighted by molar-refractivity contribution is 7.98. The largest absolute Gasteiger partial charge is 0.492 e. The molecule has 14 heavy (non-hydrogen) atoms. The molecule has 1 aromatic heterocycles. The molecule has 76 valence electrons. The minimum atomic E-state index is 0.140. The van der Waals surface area contributed by atoms with E-state index in [2.05, 4.69) is 11.2 Å². The number of thioether (sulfide) groups is 1. The monoisotopic (exact) mass is 210 g/mol. The first-order chi connectivity index (χ1) is 6.83. The molecule has 4 heteroatoms. The molecule has 1 aliphatic heterocycles. The summed E-state index contributed by atoms with van der Waals surface area (Å²) in [4.78, 5) is 4.36. The fourth-order valence-corrected chi connectivity index (χ4v) is 2.57. The molecule has 0 bridgehead atoms. The molecular weight excluding hydrogens is 196 g/mol. The van der Waals surface area contributed by atoms with E-state index >= 15 is 0 Å². The van der Waals surface area contributed by atoms with Crippen LogP contribution in [0.5, 0.6) is 5.75 Å². The maximum atomic E-state index is 6.06. The SMILES string of the molecule is CSC1c2ncccc2OCCC1N. The third-order valence-corrected chi connectivity index (χ3v) is 3.50. The van der Waals surface area contributed by atoms with Crippen molar-refractivity contribution in [2.45, 2.75) is 17.7 Å². The van der Waals surface area contributed by atoms with Crippen molar-refractivity contribution in [2.24, 2.45) is 5.73 Å². The summed E-state index contributed by atoms with van der Waals surface area (Å²) in [6, 6.07) is 4.00. The second-order valence-corrected chi connectivity index (χ2v) is 4.32. The fourth-order valence-electron chi connectivity index (χ4n) is 1.68. The van der Waals surface area contributed by atoms with E-state index in [0.717, 1.165) is 17.9 Å². The molecule has 2 heterocycles. The smallest absolute Gasteiger partial charge is 0.141 e. The van der Waals surface area contributed by atoms with Crippen LogP contribution >= 0.6 is 11.8 Å². The van der Waals surface area contributed by atoms with Crippen LogP contribution in [0.25, 0.3) is 0 Å². The van der Waals surface area contributed by atoms with Gasteiger partial charge in [0.05, 0.1) is 17.6 Å². The first-order valence-corrected chi connectivity index (χ1v) is 5.98. The van der Waals surface area contributed by atoms with Crippen LogP contribution in [0.3, 0.4) is 0 Å². The molecule has 2 unspecified atom stereocenters. The predicted molar refractivity (Wildman–Crippen MR) is 58.6 cm³/mol. The summed E-state index contributed by atoms with van der Waals surface area (Å²) in [5, 5.41) is 0.258. The summed E-state index contributed by atoms with van der Waals surface area (Å²) < 4.78 is 5.60. The number of ether oxygens (including phenoxy) is 1. The number of nitrogens with two attached hydrogens (primary N) is 1. The van der Waals surface area contributed by atoms with Gasteiger partial charge in [-0.25, -0.2) is 0 Å². The Hall–Kier alpha value is -0.740. The number of aromatic nitrogens is 1. The summed E-state index contributed by atoms with van der Waals surface area (Å²) >= 11 is 1.74. The zero-order valence-corrected chi connectivity index (χ0v) is 8.96. The van der Waals surface area contributed by atoms with E-state index in [4.69, 9.17) is 10.5 Å². The van der Waals surface area contributed by atoms with Gasteiger partial charge in [0.1, 0.15) is 5.75 Å². The average Bonchev–Trinajstić information content (AvgIpc) is 2.36. The molecule has 3 nitrogen and oxygen atoms in total. The lowest BCUT2D eigenvalue weighted by molar-refractivity contribution is 0.309. The second kappa shape index (κ2) is 4.19. The Balaban J connectivity index is 2.39. The van der Waals surface area contributed by atoms with Crippen molar-refractivity contribution in [1.82, 2.24) is 4.98 Å². The standard InChI is InChI=1S/C10H14N2OS/c1-14-10-7(11)4-6-13-8-3-2-5-12-9(8)10/h2-3,5,7,10H,4,6,11H2,1H3. The molecule has 2 atom stereocenters. The maximum absolute atomic E-state index is 6.06. The van der Waals surface area contributed by atoms with E-state index in [1.165, 1.54) is 0 Å². The Morgan fingerprint density at radius 1 is 1.64 bits per heavy atom. The van der Waals surface area contributed by atoms with Gasteiger partial charge in [0, 0.05) is 12.2 Å². The molecule has 0 aliphatic carbocycles. The van der Waals surface area contributed by atoms with Gasteiger partial charge in [-0.05, 0) is 24.8 Å². The van der Waals surface area contributed by atoms with Gasteiger partial charge in [-0.1, -0.05) is 0 Å². The molecule has 2 N–H and O–H groups in total. The van der Waals surface area contributed by atoms with Gasteiger partial charge >= 0.3 is 0 Å². The van der Waals surface area contributed by atoms with E-state index in [1.54, 1.807) is 18.0 Å². The van der Waals surface area contributed by atoms with Crippen LogP contribution in [0.2, 0.25) is 0 Å². The molecule has 1 aliphatic rings. The van der Waals surface area contributed by atoms with Crippen LogP contribution in [-0.4, -0.2) is 23.9 Å². The zero-order chi connectivity index (χ0) is 9.97. The highest BCUT2D eigenvalue weighted by atomic mass is 32.2. The predicted octanol–water partition coefficient (Wildman–Crippen LogP) is 1.60. The van der Waals surface area contributed by atoms with E-state index in [9.17, 15) is 0 Å². The van der Waals surface area contributed by atoms with E-state index in [-0.39, 0.29) is 11.3 Å². The Bertz CT molecular complexity index is 319. The third kappa shape index (κ3) is 1.72. The van der Waals surface area contributed by atoms with Crippen LogP contribution in [0.15, 0.2) is 18.3 Å². The van der Waals surface area contributed by atoms with Gasteiger partial charge < -0.3 is 10.5 Å². The van der Waals surface area contributed by atoms with E-state index < -0.39 is 0 Å². The summed E-state index contributed by atoms with van der Waals surface area (Å²) in [6.45, 7) is 0.691. The first kappa shape index (κ1) is 9.80. The van der Waals surface area contributed by atoms with Gasteiger partial charge in [-0.15, -0.1) is 0 Å². The van der Waals surface area contributed by atoms with Crippen molar-refractivity contribution in [3.63, 3.8) is 0 Å². The van der Waals surface area contributed by atoms with E-state index in [0.29, 0.717) is 6.61 Å². The lowest BCUT2D eigenvalue weighted by Crippen LogP contribution is -2.26. The number of fused-ring (bicyclic) bond motifs is 1. The highest BCUT2D eigenvalue weighted by Gasteiger charge is 2.26. The van der Waals surface area contributed by atoms with Crippen LogP contribution in [-0.2, 0) is 0 Å². The number of pyridine rings is 1. The van der Waals surface area contributed by atoms with Gasteiger partial charge in [0.2, 0.25) is 0 Å². The normalized spacial score (nSPS) is 26.1. The Labute approximate surface area is 88.0 Å². The molecule has 1 aromatic rings. The molecule has 0 radical (unpaired) electrons. The molecule has 0 aromatic carbocycles. The van der Waals surface area contributed by atoms with Crippen molar-refractivity contribution in [2.75, 3.05) is 12.9 Å². The number of nitrogens with zero attached hydrogens (tertiary/aromatic N) is 1. The topological polar surface area (TPSA) is 48.1 Å². The summed E-state index contributed by atoms with van der Waals surface area (Å²) in [7, 11) is 0. The maximum Gasteiger partial charge on any atom is 0.141 e. The van der Waals surface area contributed by atoms with Crippen LogP contribution in [0, 0.1) is 0 Å². The van der Waals surface area contributed by atoms with Crippen LogP contribution in [0.1, 0.15) is 17.4 Å². The number of rotatable bonds is 1. The van der Waals surface area contributed by atoms with Crippen LogP contribution < -0.4 is 10.5 Å². The summed E-state index contributed by atoms with van der Waals surface area (Å²) in [5.41, 5.74) is 7.05. The lowest BCUT2D eigenvalue weighted by Gasteiger charge is -2.18. The quantitative estimate of drug-likeness (QED) is 0.764. The van der Waals surface area contributed by atoms with Crippen molar-refractivity contribution in [3.8, 4) is 5.75 Å². The van der Waals surface area contributed by atoms with Crippen molar-refractivity contribution < 1.29 is 4.74 Å². The second-order valence-electron chi connectivity index (χ2n) is 3.34. The molecular formula is C10H14N2OS. The third-order valence-electron chi connectivity index (χ3n) is 2.42. The first-order valence-electron chi connectivity index (χ1n) is 4.69. The average molecular weight is 210 g/mol. The Kier molecular flexibility index (Phi) is 2.93. The Morgan fingerprint density at radius 3 is 3.29 bits per heavy atom. The van der Waals surface area contributed by atoms with Crippen molar-refractivity contribution in [3.05, 3.63) is 24.0 Å². The Morgan fingerprint density at radius 2 is 2.50 bits per heavy atom. The van der Waals surface area contributed by atoms with Gasteiger partial charge in [-0.3, -0.25) is 4.98 Å². The molecule has 0 saturated heterocycles. The van der Waals surface area contributed by atoms with Gasteiger partial charge in [0.25, 0.3) is 0 Å². The minimum Gasteiger partial charge on any atom is -0.492 e. The highest BCUT2D eigenvalue weighted by Crippen LogP contribution is 2.36. The summed E-state index contributed by atoms with van der Waals surface area (Å²) in [6.07, 6.45) is 4.75. The van der Waals surface area contributed by atoms with Crippen LogP contribution in [0.4, 0.5) is 0 Å². The van der Waals surface area contributed by atoms with Gasteiger partial charge in [-0.2, -0.15) is 11.8 Å². The lowest BCUT2D eigenvalue weighted by atomic mass is 10.1. The van der Waals surface area contributed by atoms with Crippen molar-refractivity contribution >= 4 is 11.8 Å². The van der Waals surface area contributed by atoms with E-state index in [1.807, 2.05) is 12.1 Å². The zero-order valence-electron chi connectivity index (χ0n) is 8.14. The minimum absolute atomic E-state index is 0.140. The number of hydrogen-bond donors (Lipinski definition) is 1. The van der Waals surface area contributed by atoms with Gasteiger partial charge in [0.15, 0.2) is 0 Å². The number of hydrogen-bond acceptors (Lipinski definition) is 4. The van der Waals surface area contributed by atoms with Crippen molar-refractivity contribution in [1.29, 1.82) is 0 Å². The molecule has 2 rings (SSSR count). The molecule has 0 spiro atoms. The summed E-state index contributed by atoms with van der Waals surface area (Å²) in [5.74, 6) is 0.889. The molecule has 0 fully saturated rings. The fraction of sp³-hybridized carbons (Fsp3) is 0.500. The molecule has 0 saturated carbocycles. The molecule has 0 amide bonds.